The van der Waals surface area contributed by atoms with Crippen molar-refractivity contribution in [3.05, 3.63) is 35.9 Å². The van der Waals surface area contributed by atoms with Crippen LogP contribution >= 0.6 is 11.6 Å². The summed E-state index contributed by atoms with van der Waals surface area (Å²) in [7, 11) is -3.33. The molecule has 0 aliphatic carbocycles. The zero-order valence-corrected chi connectivity index (χ0v) is 13.0. The van der Waals surface area contributed by atoms with Crippen molar-refractivity contribution in [3.63, 3.8) is 0 Å². The SMILES string of the molecule is CCC(CC)C(NS(=O)(=O)CCCl)c1ccccc1. The first-order valence-electron chi connectivity index (χ1n) is 6.65. The molecule has 0 amide bonds. The lowest BCUT2D eigenvalue weighted by molar-refractivity contribution is 0.378. The van der Waals surface area contributed by atoms with Crippen LogP contribution in [-0.2, 0) is 10.0 Å². The normalized spacial score (nSPS) is 13.7. The summed E-state index contributed by atoms with van der Waals surface area (Å²) in [5, 5.41) is 0. The summed E-state index contributed by atoms with van der Waals surface area (Å²) < 4.78 is 26.7. The number of sulfonamides is 1. The monoisotopic (exact) mass is 303 g/mol. The highest BCUT2D eigenvalue weighted by molar-refractivity contribution is 7.89. The minimum Gasteiger partial charge on any atom is -0.212 e. The number of nitrogens with one attached hydrogen (secondary N) is 1. The lowest BCUT2D eigenvalue weighted by Crippen LogP contribution is -2.35. The standard InChI is InChI=1S/C14H22ClNO2S/c1-3-12(4-2)14(13-8-6-5-7-9-13)16-19(17,18)11-10-15/h5-9,12,14,16H,3-4,10-11H2,1-2H3. The molecule has 0 heterocycles. The molecule has 1 aromatic carbocycles. The second kappa shape index (κ2) is 7.88. The number of rotatable bonds is 8. The first kappa shape index (κ1) is 16.5. The first-order chi connectivity index (χ1) is 9.04. The van der Waals surface area contributed by atoms with Gasteiger partial charge >= 0.3 is 0 Å². The van der Waals surface area contributed by atoms with E-state index in [2.05, 4.69) is 18.6 Å². The van der Waals surface area contributed by atoms with Crippen molar-refractivity contribution in [2.45, 2.75) is 32.7 Å². The summed E-state index contributed by atoms with van der Waals surface area (Å²) in [6.07, 6.45) is 1.86. The summed E-state index contributed by atoms with van der Waals surface area (Å²) in [5.74, 6) is 0.352. The van der Waals surface area contributed by atoms with E-state index >= 15 is 0 Å². The Hall–Kier alpha value is -0.580. The van der Waals surface area contributed by atoms with Crippen LogP contribution in [0.15, 0.2) is 30.3 Å². The molecule has 0 bridgehead atoms. The van der Waals surface area contributed by atoms with Gasteiger partial charge < -0.3 is 0 Å². The molecule has 1 aromatic rings. The Morgan fingerprint density at radius 3 is 2.21 bits per heavy atom. The Morgan fingerprint density at radius 2 is 1.74 bits per heavy atom. The molecular formula is C14H22ClNO2S. The van der Waals surface area contributed by atoms with Crippen molar-refractivity contribution in [2.75, 3.05) is 11.6 Å². The van der Waals surface area contributed by atoms with Crippen molar-refractivity contribution in [3.8, 4) is 0 Å². The van der Waals surface area contributed by atoms with Gasteiger partial charge in [-0.25, -0.2) is 13.1 Å². The Balaban J connectivity index is 3.00. The third-order valence-corrected chi connectivity index (χ3v) is 5.10. The molecular weight excluding hydrogens is 282 g/mol. The number of hydrogen-bond donors (Lipinski definition) is 1. The summed E-state index contributed by atoms with van der Waals surface area (Å²) in [6.45, 7) is 4.17. The molecule has 0 aliphatic rings. The van der Waals surface area contributed by atoms with Gasteiger partial charge in [-0.2, -0.15) is 0 Å². The van der Waals surface area contributed by atoms with Gasteiger partial charge in [0.2, 0.25) is 10.0 Å². The number of benzene rings is 1. The van der Waals surface area contributed by atoms with Gasteiger partial charge in [0.05, 0.1) is 5.75 Å². The summed E-state index contributed by atoms with van der Waals surface area (Å²) in [4.78, 5) is 0. The van der Waals surface area contributed by atoms with E-state index in [1.807, 2.05) is 30.3 Å². The maximum atomic E-state index is 12.0. The second-order valence-electron chi connectivity index (χ2n) is 4.59. The number of alkyl halides is 1. The molecule has 0 spiro atoms. The third-order valence-electron chi connectivity index (χ3n) is 3.33. The molecule has 3 nitrogen and oxygen atoms in total. The number of halogens is 1. The molecule has 19 heavy (non-hydrogen) atoms. The van der Waals surface area contributed by atoms with E-state index in [0.29, 0.717) is 0 Å². The minimum absolute atomic E-state index is 0.0436. The molecule has 1 atom stereocenters. The van der Waals surface area contributed by atoms with Crippen LogP contribution in [-0.4, -0.2) is 20.1 Å². The zero-order chi connectivity index (χ0) is 14.3. The molecule has 1 N–H and O–H groups in total. The topological polar surface area (TPSA) is 46.2 Å². The quantitative estimate of drug-likeness (QED) is 0.749. The van der Waals surface area contributed by atoms with Crippen LogP contribution < -0.4 is 4.72 Å². The summed E-state index contributed by atoms with van der Waals surface area (Å²) in [5.41, 5.74) is 1.01. The van der Waals surface area contributed by atoms with Crippen LogP contribution in [0.4, 0.5) is 0 Å². The van der Waals surface area contributed by atoms with Crippen LogP contribution in [0.3, 0.4) is 0 Å². The summed E-state index contributed by atoms with van der Waals surface area (Å²) in [6, 6.07) is 9.55. The fraction of sp³-hybridized carbons (Fsp3) is 0.571. The van der Waals surface area contributed by atoms with Crippen LogP contribution in [0, 0.1) is 5.92 Å². The van der Waals surface area contributed by atoms with Crippen molar-refractivity contribution in [1.82, 2.24) is 4.72 Å². The highest BCUT2D eigenvalue weighted by Crippen LogP contribution is 2.28. The largest absolute Gasteiger partial charge is 0.213 e. The maximum Gasteiger partial charge on any atom is 0.213 e. The predicted octanol–water partition coefficient (Wildman–Crippen LogP) is 3.32. The minimum atomic E-state index is -3.33. The fourth-order valence-electron chi connectivity index (χ4n) is 2.21. The van der Waals surface area contributed by atoms with E-state index in [1.54, 1.807) is 0 Å². The molecule has 1 rings (SSSR count). The van der Waals surface area contributed by atoms with E-state index in [9.17, 15) is 8.42 Å². The third kappa shape index (κ3) is 5.13. The van der Waals surface area contributed by atoms with Gasteiger partial charge in [-0.15, -0.1) is 11.6 Å². The van der Waals surface area contributed by atoms with Crippen LogP contribution in [0.25, 0.3) is 0 Å². The summed E-state index contributed by atoms with van der Waals surface area (Å²) >= 11 is 5.54. The maximum absolute atomic E-state index is 12.0. The average molecular weight is 304 g/mol. The molecule has 5 heteroatoms. The van der Waals surface area contributed by atoms with Gasteiger partial charge in [0.1, 0.15) is 0 Å². The van der Waals surface area contributed by atoms with Gasteiger partial charge in [-0.3, -0.25) is 0 Å². The Bertz CT molecular complexity index is 458. The number of hydrogen-bond acceptors (Lipinski definition) is 2. The lowest BCUT2D eigenvalue weighted by atomic mass is 9.90. The molecule has 0 saturated heterocycles. The van der Waals surface area contributed by atoms with Crippen LogP contribution in [0.1, 0.15) is 38.3 Å². The van der Waals surface area contributed by atoms with Gasteiger partial charge in [-0.05, 0) is 11.5 Å². The van der Waals surface area contributed by atoms with Crippen LogP contribution in [0.5, 0.6) is 0 Å². The van der Waals surface area contributed by atoms with Crippen molar-refractivity contribution < 1.29 is 8.42 Å². The van der Waals surface area contributed by atoms with Crippen molar-refractivity contribution >= 4 is 21.6 Å². The Morgan fingerprint density at radius 1 is 1.16 bits per heavy atom. The average Bonchev–Trinajstić information content (AvgIpc) is 2.39. The lowest BCUT2D eigenvalue weighted by Gasteiger charge is -2.26. The smallest absolute Gasteiger partial charge is 0.212 e. The van der Waals surface area contributed by atoms with E-state index in [1.165, 1.54) is 0 Å². The van der Waals surface area contributed by atoms with Gasteiger partial charge in [0, 0.05) is 11.9 Å². The van der Waals surface area contributed by atoms with E-state index < -0.39 is 10.0 Å². The molecule has 0 aliphatic heterocycles. The fourth-order valence-corrected chi connectivity index (χ4v) is 3.86. The van der Waals surface area contributed by atoms with Gasteiger partial charge in [-0.1, -0.05) is 57.0 Å². The molecule has 0 radical (unpaired) electrons. The van der Waals surface area contributed by atoms with Crippen LogP contribution in [0.2, 0.25) is 0 Å². The molecule has 0 aromatic heterocycles. The first-order valence-corrected chi connectivity index (χ1v) is 8.83. The molecule has 1 unspecified atom stereocenters. The zero-order valence-electron chi connectivity index (χ0n) is 11.5. The Labute approximate surface area is 121 Å². The second-order valence-corrected chi connectivity index (χ2v) is 6.84. The highest BCUT2D eigenvalue weighted by atomic mass is 35.5. The highest BCUT2D eigenvalue weighted by Gasteiger charge is 2.25. The van der Waals surface area contributed by atoms with E-state index in [4.69, 9.17) is 11.6 Å². The Kier molecular flexibility index (Phi) is 6.83. The van der Waals surface area contributed by atoms with E-state index in [-0.39, 0.29) is 23.6 Å². The van der Waals surface area contributed by atoms with E-state index in [0.717, 1.165) is 18.4 Å². The van der Waals surface area contributed by atoms with Gasteiger partial charge in [0.25, 0.3) is 0 Å². The van der Waals surface area contributed by atoms with Gasteiger partial charge in [0.15, 0.2) is 0 Å². The molecule has 0 fully saturated rings. The van der Waals surface area contributed by atoms with Crippen molar-refractivity contribution in [2.24, 2.45) is 5.92 Å². The van der Waals surface area contributed by atoms with Crippen molar-refractivity contribution in [1.29, 1.82) is 0 Å². The molecule has 0 saturated carbocycles. The molecule has 108 valence electrons. The predicted molar refractivity (Wildman–Crippen MR) is 80.9 cm³/mol.